The number of hydrogen-bond donors (Lipinski definition) is 1. The highest BCUT2D eigenvalue weighted by Crippen LogP contribution is 2.28. The van der Waals surface area contributed by atoms with Gasteiger partial charge in [-0.25, -0.2) is 8.42 Å². The zero-order valence-electron chi connectivity index (χ0n) is 15.8. The van der Waals surface area contributed by atoms with Gasteiger partial charge in [-0.05, 0) is 40.3 Å². The second-order valence-electron chi connectivity index (χ2n) is 6.27. The normalized spacial score (nSPS) is 11.5. The summed E-state index contributed by atoms with van der Waals surface area (Å²) in [4.78, 5) is 0.250. The van der Waals surface area contributed by atoms with E-state index >= 15 is 0 Å². The molecule has 4 rings (SSSR count). The number of anilines is 1. The second-order valence-corrected chi connectivity index (χ2v) is 10.5. The average Bonchev–Trinajstić information content (AvgIpc) is 3.40. The summed E-state index contributed by atoms with van der Waals surface area (Å²) >= 11 is 2.95. The van der Waals surface area contributed by atoms with Crippen LogP contribution in [0.5, 0.6) is 0 Å². The van der Waals surface area contributed by atoms with Crippen LogP contribution in [0.4, 0.5) is 5.13 Å². The molecule has 30 heavy (non-hydrogen) atoms. The Balaban J connectivity index is 1.38. The molecule has 4 aromatic rings. The van der Waals surface area contributed by atoms with E-state index in [1.165, 1.54) is 34.9 Å². The Morgan fingerprint density at radius 3 is 2.53 bits per heavy atom. The van der Waals surface area contributed by atoms with Crippen LogP contribution >= 0.6 is 23.1 Å². The van der Waals surface area contributed by atoms with Crippen molar-refractivity contribution in [2.45, 2.75) is 21.5 Å². The van der Waals surface area contributed by atoms with Gasteiger partial charge in [0.25, 0.3) is 0 Å². The van der Waals surface area contributed by atoms with Crippen molar-refractivity contribution in [3.8, 4) is 5.69 Å². The summed E-state index contributed by atoms with van der Waals surface area (Å²) in [5, 5.41) is 24.2. The van der Waals surface area contributed by atoms with Crippen LogP contribution in [0.2, 0.25) is 0 Å². The number of rotatable bonds is 8. The highest BCUT2D eigenvalue weighted by Gasteiger charge is 2.13. The van der Waals surface area contributed by atoms with Crippen molar-refractivity contribution in [3.63, 3.8) is 0 Å². The quantitative estimate of drug-likeness (QED) is 0.397. The number of benzene rings is 2. The van der Waals surface area contributed by atoms with Gasteiger partial charge >= 0.3 is 0 Å². The fourth-order valence-corrected chi connectivity index (χ4v) is 4.85. The van der Waals surface area contributed by atoms with Crippen molar-refractivity contribution in [3.05, 3.63) is 66.0 Å². The molecule has 0 bridgehead atoms. The summed E-state index contributed by atoms with van der Waals surface area (Å²) in [6.45, 7) is 0.682. The Morgan fingerprint density at radius 1 is 1.03 bits per heavy atom. The van der Waals surface area contributed by atoms with Crippen LogP contribution < -0.4 is 5.32 Å². The Hall–Kier alpha value is -2.83. The molecule has 0 fully saturated rings. The van der Waals surface area contributed by atoms with Gasteiger partial charge in [-0.2, -0.15) is 4.68 Å². The van der Waals surface area contributed by atoms with E-state index in [9.17, 15) is 8.42 Å². The smallest absolute Gasteiger partial charge is 0.206 e. The van der Waals surface area contributed by atoms with E-state index in [0.29, 0.717) is 23.8 Å². The van der Waals surface area contributed by atoms with Crippen molar-refractivity contribution < 1.29 is 8.42 Å². The third kappa shape index (κ3) is 5.01. The minimum atomic E-state index is -3.25. The number of nitrogens with one attached hydrogen (secondary N) is 1. The molecular weight excluding hydrogens is 442 g/mol. The third-order valence-corrected chi connectivity index (χ3v) is 7.20. The fraction of sp³-hybridized carbons (Fsp3) is 0.167. The van der Waals surface area contributed by atoms with Gasteiger partial charge in [0.2, 0.25) is 5.13 Å². The number of hydrogen-bond acceptors (Lipinski definition) is 10. The van der Waals surface area contributed by atoms with E-state index in [1.807, 2.05) is 30.3 Å². The summed E-state index contributed by atoms with van der Waals surface area (Å²) in [5.41, 5.74) is 1.86. The average molecular weight is 460 g/mol. The zero-order chi connectivity index (χ0) is 21.0. The first-order valence-corrected chi connectivity index (χ1v) is 12.5. The number of thioether (sulfide) groups is 1. The minimum Gasteiger partial charge on any atom is -0.356 e. The van der Waals surface area contributed by atoms with Crippen LogP contribution in [-0.4, -0.2) is 45.1 Å². The molecule has 12 heteroatoms. The molecule has 0 aliphatic carbocycles. The molecule has 2 aromatic carbocycles. The van der Waals surface area contributed by atoms with E-state index in [4.69, 9.17) is 0 Å². The van der Waals surface area contributed by atoms with Gasteiger partial charge in [0, 0.05) is 12.8 Å². The molecule has 154 valence electrons. The highest BCUT2D eigenvalue weighted by atomic mass is 32.2. The van der Waals surface area contributed by atoms with Crippen molar-refractivity contribution in [1.29, 1.82) is 0 Å². The van der Waals surface area contributed by atoms with Crippen LogP contribution in [0.25, 0.3) is 5.69 Å². The standard InChI is InChI=1S/C18H17N7O2S3/c1-30(26,27)15-9-7-14(8-10-15)25-16(20-23-24-25)12-28-18-22-21-17(29-18)19-11-13-5-3-2-4-6-13/h2-10H,11-12H2,1H3,(H,19,21). The Bertz CT molecular complexity index is 1220. The Morgan fingerprint density at radius 2 is 1.80 bits per heavy atom. The molecule has 0 aliphatic heterocycles. The lowest BCUT2D eigenvalue weighted by Crippen LogP contribution is -2.03. The Labute approximate surface area is 181 Å². The molecule has 0 saturated heterocycles. The van der Waals surface area contributed by atoms with E-state index in [1.54, 1.807) is 28.9 Å². The second kappa shape index (κ2) is 8.90. The Kier molecular flexibility index (Phi) is 6.06. The largest absolute Gasteiger partial charge is 0.356 e. The van der Waals surface area contributed by atoms with Gasteiger partial charge in [-0.1, -0.05) is 53.4 Å². The lowest BCUT2D eigenvalue weighted by atomic mass is 10.2. The van der Waals surface area contributed by atoms with Crippen molar-refractivity contribution in [2.24, 2.45) is 0 Å². The minimum absolute atomic E-state index is 0.250. The topological polar surface area (TPSA) is 116 Å². The van der Waals surface area contributed by atoms with E-state index < -0.39 is 9.84 Å². The molecule has 0 amide bonds. The molecule has 9 nitrogen and oxygen atoms in total. The van der Waals surface area contributed by atoms with E-state index in [2.05, 4.69) is 31.0 Å². The van der Waals surface area contributed by atoms with Gasteiger partial charge in [0.05, 0.1) is 16.3 Å². The molecule has 0 unspecified atom stereocenters. The first-order valence-electron chi connectivity index (χ1n) is 8.81. The lowest BCUT2D eigenvalue weighted by Gasteiger charge is -2.05. The third-order valence-electron chi connectivity index (χ3n) is 4.06. The fourth-order valence-electron chi connectivity index (χ4n) is 2.57. The maximum absolute atomic E-state index is 11.6. The predicted molar refractivity (Wildman–Crippen MR) is 116 cm³/mol. The van der Waals surface area contributed by atoms with Gasteiger partial charge < -0.3 is 5.32 Å². The number of sulfone groups is 1. The zero-order valence-corrected chi connectivity index (χ0v) is 18.3. The summed E-state index contributed by atoms with van der Waals surface area (Å²) in [7, 11) is -3.25. The molecular formula is C18H17N7O2S3. The van der Waals surface area contributed by atoms with Crippen molar-refractivity contribution in [2.75, 3.05) is 11.6 Å². The number of nitrogens with zero attached hydrogens (tertiary/aromatic N) is 6. The predicted octanol–water partition coefficient (Wildman–Crippen LogP) is 2.82. The van der Waals surface area contributed by atoms with Crippen LogP contribution in [0.1, 0.15) is 11.4 Å². The molecule has 0 atom stereocenters. The highest BCUT2D eigenvalue weighted by molar-refractivity contribution is 8.00. The summed E-state index contributed by atoms with van der Waals surface area (Å²) in [6, 6.07) is 16.5. The van der Waals surface area contributed by atoms with Gasteiger partial charge in [0.15, 0.2) is 20.0 Å². The molecule has 2 heterocycles. The van der Waals surface area contributed by atoms with Gasteiger partial charge in [0.1, 0.15) is 0 Å². The number of tetrazole rings is 1. The van der Waals surface area contributed by atoms with Crippen LogP contribution in [-0.2, 0) is 22.1 Å². The van der Waals surface area contributed by atoms with E-state index in [-0.39, 0.29) is 4.90 Å². The first-order chi connectivity index (χ1) is 14.5. The van der Waals surface area contributed by atoms with Crippen molar-refractivity contribution in [1.82, 2.24) is 30.4 Å². The first kappa shape index (κ1) is 20.4. The van der Waals surface area contributed by atoms with Crippen LogP contribution in [0.3, 0.4) is 0 Å². The molecule has 0 aliphatic rings. The summed E-state index contributed by atoms with van der Waals surface area (Å²) in [5.74, 6) is 1.12. The van der Waals surface area contributed by atoms with Gasteiger partial charge in [-0.3, -0.25) is 0 Å². The SMILES string of the molecule is CS(=O)(=O)c1ccc(-n2nnnc2CSc2nnc(NCc3ccccc3)s2)cc1. The van der Waals surface area contributed by atoms with Gasteiger partial charge in [-0.15, -0.1) is 15.3 Å². The van der Waals surface area contributed by atoms with E-state index in [0.717, 1.165) is 9.47 Å². The molecule has 0 saturated carbocycles. The van der Waals surface area contributed by atoms with Crippen LogP contribution in [0, 0.1) is 0 Å². The molecule has 1 N–H and O–H groups in total. The number of aromatic nitrogens is 6. The summed E-state index contributed by atoms with van der Waals surface area (Å²) in [6.07, 6.45) is 1.17. The summed E-state index contributed by atoms with van der Waals surface area (Å²) < 4.78 is 25.6. The molecule has 2 aromatic heterocycles. The van der Waals surface area contributed by atoms with Crippen LogP contribution in [0.15, 0.2) is 63.8 Å². The lowest BCUT2D eigenvalue weighted by molar-refractivity contribution is 0.602. The maximum Gasteiger partial charge on any atom is 0.206 e. The maximum atomic E-state index is 11.6. The van der Waals surface area contributed by atoms with Crippen molar-refractivity contribution >= 4 is 38.1 Å². The monoisotopic (exact) mass is 459 g/mol. The molecule has 0 radical (unpaired) electrons. The molecule has 0 spiro atoms.